The number of aromatic nitrogens is 2. The van der Waals surface area contributed by atoms with Crippen LogP contribution in [0.1, 0.15) is 16.0 Å². The van der Waals surface area contributed by atoms with Crippen molar-refractivity contribution in [3.05, 3.63) is 83.0 Å². The van der Waals surface area contributed by atoms with Crippen LogP contribution in [0.4, 0.5) is 11.4 Å². The molecule has 2 N–H and O–H groups in total. The zero-order chi connectivity index (χ0) is 21.2. The molecule has 150 valence electrons. The molecular weight excluding hydrogens is 404 g/mol. The van der Waals surface area contributed by atoms with Gasteiger partial charge in [0, 0.05) is 39.2 Å². The van der Waals surface area contributed by atoms with Crippen LogP contribution in [0.5, 0.6) is 5.75 Å². The maximum absolute atomic E-state index is 9.64. The van der Waals surface area contributed by atoms with Crippen molar-refractivity contribution in [1.29, 1.82) is 5.26 Å². The van der Waals surface area contributed by atoms with Crippen LogP contribution in [0.3, 0.4) is 0 Å². The lowest BCUT2D eigenvalue weighted by Crippen LogP contribution is -1.95. The topological polar surface area (TPSA) is 73.7 Å². The summed E-state index contributed by atoms with van der Waals surface area (Å²) in [6, 6.07) is 20.4. The number of hydrogen-bond acceptors (Lipinski definition) is 5. The second-order valence-electron chi connectivity index (χ2n) is 7.04. The highest BCUT2D eigenvalue weighted by Crippen LogP contribution is 2.35. The molecule has 2 aromatic carbocycles. The minimum absolute atomic E-state index is 0.519. The molecule has 0 bridgehead atoms. The van der Waals surface area contributed by atoms with Crippen LogP contribution in [0.25, 0.3) is 33.3 Å². The van der Waals surface area contributed by atoms with Crippen LogP contribution in [-0.2, 0) is 0 Å². The monoisotopic (exact) mass is 422 g/mol. The third kappa shape index (κ3) is 3.75. The first-order valence-electron chi connectivity index (χ1n) is 9.72. The fraction of sp³-hybridized carbons (Fsp3) is 0.0400. The van der Waals surface area contributed by atoms with E-state index in [0.717, 1.165) is 48.7 Å². The Labute approximate surface area is 183 Å². The molecule has 5 nitrogen and oxygen atoms in total. The lowest BCUT2D eigenvalue weighted by Gasteiger charge is -2.09. The van der Waals surface area contributed by atoms with Gasteiger partial charge in [-0.15, -0.1) is 11.3 Å². The SMILES string of the molecule is COc1ccc(/C=C/c2cc3c(Nc4ccc5[nH]ccc5c4)c(C#N)cnc3s2)cc1. The summed E-state index contributed by atoms with van der Waals surface area (Å²) in [6.07, 6.45) is 7.67. The molecule has 0 radical (unpaired) electrons. The Balaban J connectivity index is 1.50. The van der Waals surface area contributed by atoms with Crippen molar-refractivity contribution in [2.45, 2.75) is 0 Å². The molecule has 0 spiro atoms. The standard InChI is InChI=1S/C25H18N4OS/c1-30-20-6-2-16(3-7-20)4-8-21-13-22-24(18(14-26)15-28-25(22)31-21)29-19-5-9-23-17(12-19)10-11-27-23/h2-13,15,27H,1H3,(H,28,29)/b8-4+. The van der Waals surface area contributed by atoms with Crippen molar-refractivity contribution >= 4 is 56.0 Å². The maximum Gasteiger partial charge on any atom is 0.125 e. The highest BCUT2D eigenvalue weighted by molar-refractivity contribution is 7.19. The summed E-state index contributed by atoms with van der Waals surface area (Å²) < 4.78 is 5.21. The summed E-state index contributed by atoms with van der Waals surface area (Å²) in [5.41, 5.74) is 4.39. The van der Waals surface area contributed by atoms with Crippen LogP contribution >= 0.6 is 11.3 Å². The molecule has 0 fully saturated rings. The highest BCUT2D eigenvalue weighted by atomic mass is 32.1. The Bertz CT molecular complexity index is 1450. The van der Waals surface area contributed by atoms with Crippen molar-refractivity contribution < 1.29 is 4.74 Å². The summed E-state index contributed by atoms with van der Waals surface area (Å²) >= 11 is 1.60. The predicted octanol–water partition coefficient (Wildman–Crippen LogP) is 6.57. The van der Waals surface area contributed by atoms with Gasteiger partial charge in [0.25, 0.3) is 0 Å². The van der Waals surface area contributed by atoms with Crippen LogP contribution < -0.4 is 10.1 Å². The van der Waals surface area contributed by atoms with Gasteiger partial charge in [0.15, 0.2) is 0 Å². The van der Waals surface area contributed by atoms with Gasteiger partial charge >= 0.3 is 0 Å². The van der Waals surface area contributed by atoms with E-state index in [2.05, 4.69) is 45.6 Å². The molecule has 5 aromatic rings. The molecule has 5 rings (SSSR count). The quantitative estimate of drug-likeness (QED) is 0.336. The smallest absolute Gasteiger partial charge is 0.125 e. The van der Waals surface area contributed by atoms with Crippen LogP contribution in [0.15, 0.2) is 67.0 Å². The number of ether oxygens (including phenoxy) is 1. The summed E-state index contributed by atoms with van der Waals surface area (Å²) in [5.74, 6) is 0.834. The summed E-state index contributed by atoms with van der Waals surface area (Å²) in [5, 5.41) is 15.1. The largest absolute Gasteiger partial charge is 0.497 e. The highest BCUT2D eigenvalue weighted by Gasteiger charge is 2.12. The molecule has 0 saturated carbocycles. The third-order valence-corrected chi connectivity index (χ3v) is 6.09. The number of H-pyrrole nitrogens is 1. The molecule has 31 heavy (non-hydrogen) atoms. The number of benzene rings is 2. The lowest BCUT2D eigenvalue weighted by molar-refractivity contribution is 0.415. The van der Waals surface area contributed by atoms with E-state index >= 15 is 0 Å². The lowest BCUT2D eigenvalue weighted by atomic mass is 10.1. The van der Waals surface area contributed by atoms with Gasteiger partial charge in [-0.2, -0.15) is 5.26 Å². The average molecular weight is 423 g/mol. The number of pyridine rings is 1. The molecule has 0 amide bonds. The van der Waals surface area contributed by atoms with Crippen LogP contribution in [0.2, 0.25) is 0 Å². The number of thiophene rings is 1. The predicted molar refractivity (Wildman–Crippen MR) is 128 cm³/mol. The number of methoxy groups -OCH3 is 1. The van der Waals surface area contributed by atoms with E-state index in [1.165, 1.54) is 0 Å². The molecule has 0 aliphatic carbocycles. The first-order chi connectivity index (χ1) is 15.2. The van der Waals surface area contributed by atoms with Gasteiger partial charge in [-0.1, -0.05) is 18.2 Å². The van der Waals surface area contributed by atoms with E-state index in [0.29, 0.717) is 5.56 Å². The zero-order valence-corrected chi connectivity index (χ0v) is 17.5. The van der Waals surface area contributed by atoms with Gasteiger partial charge in [0.05, 0.1) is 18.4 Å². The summed E-state index contributed by atoms with van der Waals surface area (Å²) in [6.45, 7) is 0. The van der Waals surface area contributed by atoms with Crippen molar-refractivity contribution in [3.8, 4) is 11.8 Å². The number of fused-ring (bicyclic) bond motifs is 2. The van der Waals surface area contributed by atoms with Gasteiger partial charge in [0.2, 0.25) is 0 Å². The van der Waals surface area contributed by atoms with Crippen molar-refractivity contribution in [2.75, 3.05) is 12.4 Å². The Hall–Kier alpha value is -4.08. The zero-order valence-electron chi connectivity index (χ0n) is 16.7. The maximum atomic E-state index is 9.64. The van der Waals surface area contributed by atoms with Crippen LogP contribution in [-0.4, -0.2) is 17.1 Å². The van der Waals surface area contributed by atoms with E-state index in [1.54, 1.807) is 24.6 Å². The minimum atomic E-state index is 0.519. The molecule has 0 aliphatic rings. The first kappa shape index (κ1) is 18.9. The van der Waals surface area contributed by atoms with Crippen molar-refractivity contribution in [2.24, 2.45) is 0 Å². The van der Waals surface area contributed by atoms with Gasteiger partial charge in [0.1, 0.15) is 16.6 Å². The Morgan fingerprint density at radius 2 is 1.97 bits per heavy atom. The molecule has 0 unspecified atom stereocenters. The number of nitriles is 1. The fourth-order valence-electron chi connectivity index (χ4n) is 3.48. The van der Waals surface area contributed by atoms with E-state index in [9.17, 15) is 5.26 Å². The van der Waals surface area contributed by atoms with Gasteiger partial charge in [-0.25, -0.2) is 4.98 Å². The number of rotatable bonds is 5. The van der Waals surface area contributed by atoms with Gasteiger partial charge < -0.3 is 15.0 Å². The Morgan fingerprint density at radius 3 is 2.77 bits per heavy atom. The fourth-order valence-corrected chi connectivity index (χ4v) is 4.39. The second kappa shape index (κ2) is 7.98. The molecule has 3 heterocycles. The molecule has 6 heteroatoms. The van der Waals surface area contributed by atoms with Gasteiger partial charge in [-0.05, 0) is 54.1 Å². The van der Waals surface area contributed by atoms with E-state index in [1.807, 2.05) is 48.7 Å². The third-order valence-electron chi connectivity index (χ3n) is 5.08. The van der Waals surface area contributed by atoms with Crippen molar-refractivity contribution in [3.63, 3.8) is 0 Å². The molecule has 0 saturated heterocycles. The number of nitrogens with one attached hydrogen (secondary N) is 2. The molecule has 0 atom stereocenters. The number of nitrogens with zero attached hydrogens (tertiary/aromatic N) is 2. The second-order valence-corrected chi connectivity index (χ2v) is 8.10. The van der Waals surface area contributed by atoms with E-state index < -0.39 is 0 Å². The van der Waals surface area contributed by atoms with Crippen LogP contribution in [0, 0.1) is 11.3 Å². The summed E-state index contributed by atoms with van der Waals surface area (Å²) in [7, 11) is 1.66. The van der Waals surface area contributed by atoms with E-state index in [4.69, 9.17) is 4.74 Å². The van der Waals surface area contributed by atoms with Crippen molar-refractivity contribution in [1.82, 2.24) is 9.97 Å². The van der Waals surface area contributed by atoms with Gasteiger partial charge in [-0.3, -0.25) is 0 Å². The molecule has 0 aliphatic heterocycles. The Morgan fingerprint density at radius 1 is 1.10 bits per heavy atom. The minimum Gasteiger partial charge on any atom is -0.497 e. The molecule has 3 aromatic heterocycles. The summed E-state index contributed by atoms with van der Waals surface area (Å²) in [4.78, 5) is 9.65. The average Bonchev–Trinajstić information content (AvgIpc) is 3.44. The molecular formula is C25H18N4OS. The Kier molecular flexibility index (Phi) is 4.87. The van der Waals surface area contributed by atoms with E-state index in [-0.39, 0.29) is 0 Å². The number of hydrogen-bond donors (Lipinski definition) is 2. The number of anilines is 2. The number of aromatic amines is 1. The first-order valence-corrected chi connectivity index (χ1v) is 10.5. The normalized spacial score (nSPS) is 11.2.